The van der Waals surface area contributed by atoms with E-state index in [0.717, 1.165) is 61.1 Å². The number of rotatable bonds is 11. The Labute approximate surface area is 467 Å². The first-order chi connectivity index (χ1) is 38.0. The van der Waals surface area contributed by atoms with E-state index in [1.54, 1.807) is 46.2 Å². The van der Waals surface area contributed by atoms with E-state index >= 15 is 0 Å². The molecule has 2 fully saturated rings. The molecule has 0 unspecified atom stereocenters. The average molecular weight is 1120 g/mol. The van der Waals surface area contributed by atoms with Gasteiger partial charge < -0.3 is 20.4 Å². The first-order valence-corrected chi connectivity index (χ1v) is 27.1. The Morgan fingerprint density at radius 1 is 0.617 bits per heavy atom. The molecule has 81 heavy (non-hydrogen) atoms. The summed E-state index contributed by atoms with van der Waals surface area (Å²) in [5, 5.41) is 27.4. The van der Waals surface area contributed by atoms with Crippen molar-refractivity contribution in [2.75, 3.05) is 6.54 Å². The first-order valence-electron chi connectivity index (χ1n) is 27.1. The van der Waals surface area contributed by atoms with Crippen LogP contribution in [-0.4, -0.2) is 83.3 Å². The Morgan fingerprint density at radius 2 is 0.988 bits per heavy atom. The lowest BCUT2D eigenvalue weighted by atomic mass is 9.69. The largest absolute Gasteiger partial charge is 0.416 e. The van der Waals surface area contributed by atoms with Gasteiger partial charge in [-0.2, -0.15) is 36.8 Å². The maximum Gasteiger partial charge on any atom is 0.416 e. The second-order valence-corrected chi connectivity index (χ2v) is 23.6. The first kappa shape index (κ1) is 59.4. The number of nitrogens with zero attached hydrogens (tertiary/aromatic N) is 8. The van der Waals surface area contributed by atoms with Gasteiger partial charge in [-0.05, 0) is 148 Å². The summed E-state index contributed by atoms with van der Waals surface area (Å²) in [7, 11) is 0. The summed E-state index contributed by atoms with van der Waals surface area (Å²) in [6.07, 6.45) is -2.80. The van der Waals surface area contributed by atoms with Gasteiger partial charge in [-0.1, -0.05) is 95.3 Å². The molecule has 0 radical (unpaired) electrons. The maximum absolute atomic E-state index is 14.0. The van der Waals surface area contributed by atoms with E-state index in [9.17, 15) is 45.5 Å². The SMILES string of the molecule is C[C@H](c1ccc(C(=O)NCC#N)cc1)N1C(=O)C(c2ccc(C(F)(F)F)cc2)=NC12CCC(C(C)(C)C)CC2.C[C@H](c1ccc(C(=O)NCc2nn[nH]n2)cc1)N1C(=O)C(c2ccc(C(F)(F)F)cc2)=NC12CCC(C(C)(C)C)CC2. The highest BCUT2D eigenvalue weighted by atomic mass is 19.4. The summed E-state index contributed by atoms with van der Waals surface area (Å²) in [5.41, 5.74) is 0.643. The van der Waals surface area contributed by atoms with Crippen LogP contribution in [0.2, 0.25) is 0 Å². The molecule has 3 N–H and O–H groups in total. The van der Waals surface area contributed by atoms with Crippen LogP contribution >= 0.6 is 0 Å². The summed E-state index contributed by atoms with van der Waals surface area (Å²) in [5.74, 6) is -0.000855. The molecule has 2 aliphatic heterocycles. The molecule has 2 saturated carbocycles. The molecule has 0 saturated heterocycles. The van der Waals surface area contributed by atoms with Gasteiger partial charge in [0.2, 0.25) is 0 Å². The van der Waals surface area contributed by atoms with Gasteiger partial charge in [0, 0.05) is 22.3 Å². The van der Waals surface area contributed by atoms with Crippen LogP contribution in [0, 0.1) is 34.0 Å². The smallest absolute Gasteiger partial charge is 0.345 e. The molecule has 5 aromatic rings. The summed E-state index contributed by atoms with van der Waals surface area (Å²) >= 11 is 0. The Bertz CT molecular complexity index is 3180. The van der Waals surface area contributed by atoms with Gasteiger partial charge in [-0.3, -0.25) is 29.2 Å². The van der Waals surface area contributed by atoms with Crippen LogP contribution in [0.4, 0.5) is 26.3 Å². The van der Waals surface area contributed by atoms with Gasteiger partial charge in [-0.15, -0.1) is 10.2 Å². The third-order valence-electron chi connectivity index (χ3n) is 16.6. The minimum absolute atomic E-state index is 0.0958. The fourth-order valence-corrected chi connectivity index (χ4v) is 11.8. The highest BCUT2D eigenvalue weighted by Gasteiger charge is 2.54. The predicted molar refractivity (Wildman–Crippen MR) is 291 cm³/mol. The summed E-state index contributed by atoms with van der Waals surface area (Å²) < 4.78 is 79.0. The van der Waals surface area contributed by atoms with E-state index in [4.69, 9.17) is 15.2 Å². The van der Waals surface area contributed by atoms with E-state index in [1.165, 1.54) is 24.3 Å². The van der Waals surface area contributed by atoms with Crippen LogP contribution < -0.4 is 10.6 Å². The van der Waals surface area contributed by atoms with Crippen LogP contribution in [0.25, 0.3) is 0 Å². The highest BCUT2D eigenvalue weighted by Crippen LogP contribution is 2.51. The fourth-order valence-electron chi connectivity index (χ4n) is 11.8. The second-order valence-electron chi connectivity index (χ2n) is 23.6. The number of carbonyl (C=O) groups excluding carboxylic acids is 4. The molecular weight excluding hydrogens is 1050 g/mol. The fraction of sp³-hybridized carbons (Fsp3) is 0.467. The van der Waals surface area contributed by atoms with E-state index < -0.39 is 46.9 Å². The standard InChI is InChI=1S/C30H34F3N7O2.C30H33F3N4O2/c1-18(19-5-7-21(8-6-19)26(41)34-17-24-36-38-39-37-24)40-27(42)25(20-9-11-23(12-10-20)30(31,32)33)35-29(40)15-13-22(14-16-29)28(2,3)4;1-19(20-5-7-22(8-6-20)26(38)35-18-17-34)37-27(39)25(21-9-11-24(12-10-21)30(31,32)33)36-29(37)15-13-23(14-16-29)28(2,3)4/h5-12,18,22H,13-17H2,1-4H3,(H,34,41)(H,36,37,38,39);5-12,19,23H,13-16,18H2,1-4H3,(H,35,38)/t18-,22?,29?;19-,23?,29?/m11/s1. The summed E-state index contributed by atoms with van der Waals surface area (Å²) in [6.45, 7) is 17.1. The van der Waals surface area contributed by atoms with E-state index in [1.807, 2.05) is 32.0 Å². The zero-order chi connectivity index (χ0) is 58.9. The number of nitrogens with one attached hydrogen (secondary N) is 3. The minimum atomic E-state index is -4.47. The molecule has 428 valence electrons. The maximum atomic E-state index is 14.0. The number of hydrogen-bond donors (Lipinski definition) is 3. The van der Waals surface area contributed by atoms with Crippen molar-refractivity contribution in [2.45, 2.75) is 149 Å². The van der Waals surface area contributed by atoms with Crippen molar-refractivity contribution in [3.63, 3.8) is 0 Å². The molecule has 0 bridgehead atoms. The molecule has 9 rings (SSSR count). The molecule has 2 spiro atoms. The lowest BCUT2D eigenvalue weighted by molar-refractivity contribution is -0.138. The van der Waals surface area contributed by atoms with Gasteiger partial charge >= 0.3 is 12.4 Å². The number of benzene rings is 4. The molecule has 15 nitrogen and oxygen atoms in total. The normalized spacial score (nSPS) is 22.1. The van der Waals surface area contributed by atoms with Gasteiger partial charge in [0.25, 0.3) is 23.6 Å². The monoisotopic (exact) mass is 1120 g/mol. The number of carbonyl (C=O) groups is 4. The van der Waals surface area contributed by atoms with Gasteiger partial charge in [0.05, 0.1) is 35.8 Å². The molecule has 21 heteroatoms. The van der Waals surface area contributed by atoms with Crippen LogP contribution in [0.1, 0.15) is 179 Å². The molecule has 2 atom stereocenters. The second kappa shape index (κ2) is 23.0. The number of aromatic nitrogens is 4. The van der Waals surface area contributed by atoms with Crippen molar-refractivity contribution < 1.29 is 45.5 Å². The van der Waals surface area contributed by atoms with Crippen molar-refractivity contribution >= 4 is 35.1 Å². The summed E-state index contributed by atoms with van der Waals surface area (Å²) in [4.78, 5) is 66.3. The van der Waals surface area contributed by atoms with Crippen molar-refractivity contribution in [1.82, 2.24) is 41.1 Å². The van der Waals surface area contributed by atoms with Gasteiger partial charge in [0.1, 0.15) is 29.3 Å². The van der Waals surface area contributed by atoms with Crippen LogP contribution in [0.5, 0.6) is 0 Å². The van der Waals surface area contributed by atoms with Gasteiger partial charge in [0.15, 0.2) is 5.82 Å². The van der Waals surface area contributed by atoms with E-state index in [0.29, 0.717) is 65.6 Å². The number of halogens is 6. The molecule has 4 amide bonds. The average Bonchev–Trinajstić information content (AvgIpc) is 4.36. The number of hydrogen-bond acceptors (Lipinski definition) is 10. The molecule has 1 aromatic heterocycles. The Hall–Kier alpha value is -7.76. The minimum Gasteiger partial charge on any atom is -0.345 e. The molecule has 4 aliphatic rings. The Morgan fingerprint density at radius 3 is 1.31 bits per heavy atom. The molecule has 3 heterocycles. The summed E-state index contributed by atoms with van der Waals surface area (Å²) in [6, 6.07) is 24.2. The zero-order valence-electron chi connectivity index (χ0n) is 46.6. The number of tetrazole rings is 1. The quantitative estimate of drug-likeness (QED) is 0.0856. The third-order valence-corrected chi connectivity index (χ3v) is 16.6. The van der Waals surface area contributed by atoms with Crippen molar-refractivity contribution in [1.29, 1.82) is 5.26 Å². The van der Waals surface area contributed by atoms with E-state index in [-0.39, 0.29) is 59.0 Å². The Kier molecular flexibility index (Phi) is 16.9. The number of alkyl halides is 6. The molecular formula is C60H67F6N11O4. The topological polar surface area (TPSA) is 202 Å². The predicted octanol–water partition coefficient (Wildman–Crippen LogP) is 11.8. The van der Waals surface area contributed by atoms with Crippen LogP contribution in [0.3, 0.4) is 0 Å². The van der Waals surface area contributed by atoms with Gasteiger partial charge in [-0.25, -0.2) is 0 Å². The molecule has 2 aliphatic carbocycles. The number of H-pyrrole nitrogens is 1. The van der Waals surface area contributed by atoms with Crippen LogP contribution in [-0.2, 0) is 28.5 Å². The molecule has 4 aromatic carbocycles. The lowest BCUT2D eigenvalue weighted by Gasteiger charge is -2.46. The third kappa shape index (κ3) is 12.9. The van der Waals surface area contributed by atoms with E-state index in [2.05, 4.69) is 72.8 Å². The highest BCUT2D eigenvalue weighted by molar-refractivity contribution is 6.47. The lowest BCUT2D eigenvalue weighted by Crippen LogP contribution is -2.50. The van der Waals surface area contributed by atoms with Crippen molar-refractivity contribution in [2.24, 2.45) is 32.7 Å². The van der Waals surface area contributed by atoms with Crippen molar-refractivity contribution in [3.8, 4) is 6.07 Å². The number of aliphatic imine (C=N–C) groups is 2. The number of nitriles is 1. The Balaban J connectivity index is 0.000000213. The zero-order valence-corrected chi connectivity index (χ0v) is 46.6. The number of amides is 4. The van der Waals surface area contributed by atoms with Crippen molar-refractivity contribution in [3.05, 3.63) is 147 Å². The van der Waals surface area contributed by atoms with Crippen LogP contribution in [0.15, 0.2) is 107 Å². The number of aromatic amines is 1.